The van der Waals surface area contributed by atoms with Crippen LogP contribution in [0.1, 0.15) is 46.5 Å². The Balaban J connectivity index is 1.66. The summed E-state index contributed by atoms with van der Waals surface area (Å²) in [6, 6.07) is 5.13. The number of anilines is 1. The Hall–Kier alpha value is -2.25. The maximum atomic E-state index is 12.4. The minimum atomic E-state index is -0.171. The van der Waals surface area contributed by atoms with Gasteiger partial charge in [-0.1, -0.05) is 0 Å². The molecule has 1 aliphatic rings. The molecule has 26 heavy (non-hydrogen) atoms. The van der Waals surface area contributed by atoms with Crippen molar-refractivity contribution < 1.29 is 14.3 Å². The van der Waals surface area contributed by atoms with Crippen LogP contribution >= 0.6 is 11.3 Å². The summed E-state index contributed by atoms with van der Waals surface area (Å²) in [5.74, 6) is 0.905. The number of nitrogens with one attached hydrogen (secondary N) is 2. The molecular weight excluding hydrogens is 350 g/mol. The SMILES string of the molecule is COc1ccc(C(C)=O)cc1CC(=O)Nc1ncc(C2CCNCC2)s1. The van der Waals surface area contributed by atoms with Crippen LogP contribution in [0.3, 0.4) is 0 Å². The van der Waals surface area contributed by atoms with Crippen LogP contribution in [-0.4, -0.2) is 36.9 Å². The van der Waals surface area contributed by atoms with E-state index in [1.165, 1.54) is 11.8 Å². The highest BCUT2D eigenvalue weighted by molar-refractivity contribution is 7.15. The fourth-order valence-corrected chi connectivity index (χ4v) is 4.11. The molecule has 3 rings (SSSR count). The van der Waals surface area contributed by atoms with E-state index in [2.05, 4.69) is 15.6 Å². The van der Waals surface area contributed by atoms with E-state index in [-0.39, 0.29) is 18.1 Å². The molecule has 0 saturated carbocycles. The molecule has 2 heterocycles. The second-order valence-corrected chi connectivity index (χ2v) is 7.46. The standard InChI is InChI=1S/C19H23N3O3S/c1-12(23)14-3-4-16(25-2)15(9-14)10-18(24)22-19-21-11-17(26-19)13-5-7-20-8-6-13/h3-4,9,11,13,20H,5-8,10H2,1-2H3,(H,21,22,24). The number of aromatic nitrogens is 1. The summed E-state index contributed by atoms with van der Waals surface area (Å²) in [5.41, 5.74) is 1.25. The van der Waals surface area contributed by atoms with Gasteiger partial charge in [0, 0.05) is 22.2 Å². The van der Waals surface area contributed by atoms with Gasteiger partial charge in [0.15, 0.2) is 10.9 Å². The summed E-state index contributed by atoms with van der Waals surface area (Å²) < 4.78 is 5.30. The van der Waals surface area contributed by atoms with Gasteiger partial charge in [0.2, 0.25) is 5.91 Å². The van der Waals surface area contributed by atoms with Gasteiger partial charge in [0.25, 0.3) is 0 Å². The Morgan fingerprint density at radius 1 is 1.35 bits per heavy atom. The highest BCUT2D eigenvalue weighted by Gasteiger charge is 2.19. The molecule has 0 radical (unpaired) electrons. The molecule has 0 spiro atoms. The Morgan fingerprint density at radius 2 is 2.12 bits per heavy atom. The number of carbonyl (C=O) groups excluding carboxylic acids is 2. The van der Waals surface area contributed by atoms with Crippen molar-refractivity contribution in [2.75, 3.05) is 25.5 Å². The molecule has 1 aromatic carbocycles. The first-order chi connectivity index (χ1) is 12.6. The summed E-state index contributed by atoms with van der Waals surface area (Å²) in [5, 5.41) is 6.83. The lowest BCUT2D eigenvalue weighted by Crippen LogP contribution is -2.26. The molecule has 2 aromatic rings. The molecule has 1 saturated heterocycles. The van der Waals surface area contributed by atoms with E-state index in [0.29, 0.717) is 27.9 Å². The van der Waals surface area contributed by atoms with Crippen LogP contribution in [0.25, 0.3) is 0 Å². The lowest BCUT2D eigenvalue weighted by atomic mass is 9.97. The monoisotopic (exact) mass is 373 g/mol. The number of hydrogen-bond acceptors (Lipinski definition) is 6. The van der Waals surface area contributed by atoms with Crippen LogP contribution in [-0.2, 0) is 11.2 Å². The number of carbonyl (C=O) groups is 2. The zero-order valence-electron chi connectivity index (χ0n) is 15.0. The van der Waals surface area contributed by atoms with E-state index in [0.717, 1.165) is 25.9 Å². The first-order valence-corrected chi connectivity index (χ1v) is 9.52. The number of amides is 1. The van der Waals surface area contributed by atoms with Crippen LogP contribution in [0.15, 0.2) is 24.4 Å². The predicted molar refractivity (Wildman–Crippen MR) is 102 cm³/mol. The minimum absolute atomic E-state index is 0.0409. The molecule has 7 heteroatoms. The van der Waals surface area contributed by atoms with Crippen LogP contribution in [0.2, 0.25) is 0 Å². The summed E-state index contributed by atoms with van der Waals surface area (Å²) in [6.45, 7) is 3.55. The zero-order valence-corrected chi connectivity index (χ0v) is 15.8. The number of nitrogens with zero attached hydrogens (tertiary/aromatic N) is 1. The molecule has 2 N–H and O–H groups in total. The van der Waals surface area contributed by atoms with E-state index in [4.69, 9.17) is 4.74 Å². The first kappa shape index (κ1) is 18.5. The first-order valence-electron chi connectivity index (χ1n) is 8.71. The second kappa shape index (κ2) is 8.42. The van der Waals surface area contributed by atoms with Gasteiger partial charge in [-0.25, -0.2) is 4.98 Å². The van der Waals surface area contributed by atoms with Crippen molar-refractivity contribution in [3.8, 4) is 5.75 Å². The van der Waals surface area contributed by atoms with Crippen molar-refractivity contribution >= 4 is 28.2 Å². The van der Waals surface area contributed by atoms with E-state index in [9.17, 15) is 9.59 Å². The van der Waals surface area contributed by atoms with Crippen molar-refractivity contribution in [2.45, 2.75) is 32.1 Å². The van der Waals surface area contributed by atoms with Crippen LogP contribution in [0.5, 0.6) is 5.75 Å². The van der Waals surface area contributed by atoms with E-state index in [1.807, 2.05) is 6.20 Å². The van der Waals surface area contributed by atoms with Crippen molar-refractivity contribution in [1.29, 1.82) is 0 Å². The second-order valence-electron chi connectivity index (χ2n) is 6.40. The molecule has 0 aliphatic carbocycles. The van der Waals surface area contributed by atoms with Crippen LogP contribution in [0.4, 0.5) is 5.13 Å². The highest BCUT2D eigenvalue weighted by Crippen LogP contribution is 2.31. The molecule has 0 unspecified atom stereocenters. The number of ether oxygens (including phenoxy) is 1. The largest absolute Gasteiger partial charge is 0.496 e. The molecule has 0 bridgehead atoms. The Morgan fingerprint density at radius 3 is 2.81 bits per heavy atom. The number of thiazole rings is 1. The Labute approximate surface area is 157 Å². The lowest BCUT2D eigenvalue weighted by molar-refractivity contribution is -0.115. The predicted octanol–water partition coefficient (Wildman–Crippen LogP) is 3.00. The summed E-state index contributed by atoms with van der Waals surface area (Å²) in [4.78, 5) is 29.6. The number of ketones is 1. The third-order valence-electron chi connectivity index (χ3n) is 4.55. The fourth-order valence-electron chi connectivity index (χ4n) is 3.11. The number of methoxy groups -OCH3 is 1. The minimum Gasteiger partial charge on any atom is -0.496 e. The normalized spacial score (nSPS) is 14.8. The van der Waals surface area contributed by atoms with Crippen molar-refractivity contribution in [3.05, 3.63) is 40.4 Å². The van der Waals surface area contributed by atoms with Crippen molar-refractivity contribution in [3.63, 3.8) is 0 Å². The summed E-state index contributed by atoms with van der Waals surface area (Å²) in [7, 11) is 1.55. The highest BCUT2D eigenvalue weighted by atomic mass is 32.1. The van der Waals surface area contributed by atoms with Gasteiger partial charge in [-0.2, -0.15) is 0 Å². The molecule has 1 fully saturated rings. The van der Waals surface area contributed by atoms with Gasteiger partial charge >= 0.3 is 0 Å². The number of Topliss-reactive ketones (excluding diaryl/α,β-unsaturated/α-hetero) is 1. The average molecular weight is 373 g/mol. The summed E-state index contributed by atoms with van der Waals surface area (Å²) >= 11 is 1.54. The smallest absolute Gasteiger partial charge is 0.230 e. The van der Waals surface area contributed by atoms with Gasteiger partial charge in [-0.15, -0.1) is 11.3 Å². The van der Waals surface area contributed by atoms with Gasteiger partial charge in [-0.05, 0) is 57.0 Å². The van der Waals surface area contributed by atoms with E-state index < -0.39 is 0 Å². The van der Waals surface area contributed by atoms with Gasteiger partial charge < -0.3 is 15.4 Å². The maximum absolute atomic E-state index is 12.4. The third-order valence-corrected chi connectivity index (χ3v) is 5.62. The van der Waals surface area contributed by atoms with Crippen molar-refractivity contribution in [2.24, 2.45) is 0 Å². The number of benzene rings is 1. The van der Waals surface area contributed by atoms with Gasteiger partial charge in [0.05, 0.1) is 13.5 Å². The summed E-state index contributed by atoms with van der Waals surface area (Å²) in [6.07, 6.45) is 4.20. The average Bonchev–Trinajstić information content (AvgIpc) is 3.10. The quantitative estimate of drug-likeness (QED) is 0.761. The Bertz CT molecular complexity index is 797. The number of piperidine rings is 1. The Kier molecular flexibility index (Phi) is 6.00. The molecule has 138 valence electrons. The zero-order chi connectivity index (χ0) is 18.5. The maximum Gasteiger partial charge on any atom is 0.230 e. The van der Waals surface area contributed by atoms with Crippen molar-refractivity contribution in [1.82, 2.24) is 10.3 Å². The van der Waals surface area contributed by atoms with E-state index in [1.54, 1.807) is 36.6 Å². The molecule has 6 nitrogen and oxygen atoms in total. The van der Waals surface area contributed by atoms with Crippen LogP contribution < -0.4 is 15.4 Å². The number of hydrogen-bond donors (Lipinski definition) is 2. The van der Waals surface area contributed by atoms with Gasteiger partial charge in [-0.3, -0.25) is 9.59 Å². The molecule has 1 amide bonds. The molecule has 1 aromatic heterocycles. The fraction of sp³-hybridized carbons (Fsp3) is 0.421. The number of rotatable bonds is 6. The topological polar surface area (TPSA) is 80.3 Å². The molecular formula is C19H23N3O3S. The van der Waals surface area contributed by atoms with E-state index >= 15 is 0 Å². The third kappa shape index (κ3) is 4.47. The van der Waals surface area contributed by atoms with Crippen LogP contribution in [0, 0.1) is 0 Å². The molecule has 0 atom stereocenters. The molecule has 1 aliphatic heterocycles. The van der Waals surface area contributed by atoms with Gasteiger partial charge in [0.1, 0.15) is 5.75 Å². The lowest BCUT2D eigenvalue weighted by Gasteiger charge is -2.20.